The highest BCUT2D eigenvalue weighted by atomic mass is 32.2. The van der Waals surface area contributed by atoms with Gasteiger partial charge in [-0.25, -0.2) is 13.2 Å². The molecule has 156 valence electrons. The second-order valence-corrected chi connectivity index (χ2v) is 9.68. The van der Waals surface area contributed by atoms with Crippen LogP contribution in [-0.2, 0) is 20.3 Å². The van der Waals surface area contributed by atoms with E-state index >= 15 is 0 Å². The van der Waals surface area contributed by atoms with Crippen molar-refractivity contribution in [3.8, 4) is 11.1 Å². The molecular formula is C22H21NO5S2. The van der Waals surface area contributed by atoms with E-state index < -0.39 is 21.7 Å². The number of ether oxygens (including phenoxy) is 1. The molecule has 1 aromatic heterocycles. The fourth-order valence-electron chi connectivity index (χ4n) is 2.92. The third-order valence-electron chi connectivity index (χ3n) is 4.23. The van der Waals surface area contributed by atoms with Gasteiger partial charge in [-0.15, -0.1) is 11.3 Å². The van der Waals surface area contributed by atoms with Gasteiger partial charge in [-0.2, -0.15) is 0 Å². The number of carbonyl (C=O) groups excluding carboxylic acids is 2. The number of benzene rings is 2. The first kappa shape index (κ1) is 21.7. The number of amides is 1. The summed E-state index contributed by atoms with van der Waals surface area (Å²) >= 11 is 1.25. The SMILES string of the molecule is CCOC(=O)c1c(-c2ccccc2)csc1NC(=O)c1ccc(CS(C)(=O)=O)cc1. The lowest BCUT2D eigenvalue weighted by atomic mass is 10.0. The summed E-state index contributed by atoms with van der Waals surface area (Å²) < 4.78 is 28.0. The van der Waals surface area contributed by atoms with Crippen molar-refractivity contribution < 1.29 is 22.7 Å². The Morgan fingerprint density at radius 3 is 2.30 bits per heavy atom. The zero-order valence-corrected chi connectivity index (χ0v) is 18.2. The maximum Gasteiger partial charge on any atom is 0.341 e. The average Bonchev–Trinajstić information content (AvgIpc) is 3.11. The lowest BCUT2D eigenvalue weighted by Crippen LogP contribution is -2.15. The zero-order chi connectivity index (χ0) is 21.7. The van der Waals surface area contributed by atoms with Gasteiger partial charge in [-0.1, -0.05) is 42.5 Å². The molecule has 0 bridgehead atoms. The highest BCUT2D eigenvalue weighted by Crippen LogP contribution is 2.36. The van der Waals surface area contributed by atoms with Crippen LogP contribution in [0.4, 0.5) is 5.00 Å². The Morgan fingerprint density at radius 2 is 1.70 bits per heavy atom. The highest BCUT2D eigenvalue weighted by molar-refractivity contribution is 7.89. The van der Waals surface area contributed by atoms with Gasteiger partial charge in [-0.05, 0) is 30.2 Å². The minimum absolute atomic E-state index is 0.0900. The molecule has 3 aromatic rings. The standard InChI is InChI=1S/C22H21NO5S2/c1-3-28-22(25)19-18(16-7-5-4-6-8-16)13-29-21(19)23-20(24)17-11-9-15(10-12-17)14-30(2,26)27/h4-13H,3,14H2,1-2H3,(H,23,24). The lowest BCUT2D eigenvalue weighted by Gasteiger charge is -2.09. The molecule has 0 saturated carbocycles. The molecule has 0 fully saturated rings. The van der Waals surface area contributed by atoms with Gasteiger partial charge in [0.05, 0.1) is 12.4 Å². The Balaban J connectivity index is 1.88. The molecule has 6 nitrogen and oxygen atoms in total. The third-order valence-corrected chi connectivity index (χ3v) is 5.98. The average molecular weight is 444 g/mol. The van der Waals surface area contributed by atoms with Crippen LogP contribution in [0.15, 0.2) is 60.0 Å². The smallest absolute Gasteiger partial charge is 0.341 e. The van der Waals surface area contributed by atoms with E-state index in [4.69, 9.17) is 4.74 Å². The summed E-state index contributed by atoms with van der Waals surface area (Å²) in [7, 11) is -3.15. The summed E-state index contributed by atoms with van der Waals surface area (Å²) in [5.41, 5.74) is 2.82. The first-order valence-corrected chi connectivity index (χ1v) is 12.1. The first-order chi connectivity index (χ1) is 14.3. The van der Waals surface area contributed by atoms with Gasteiger partial charge < -0.3 is 10.1 Å². The van der Waals surface area contributed by atoms with Crippen LogP contribution >= 0.6 is 11.3 Å². The Labute approximate surface area is 179 Å². The van der Waals surface area contributed by atoms with Crippen LogP contribution in [0.1, 0.15) is 33.2 Å². The molecule has 1 N–H and O–H groups in total. The van der Waals surface area contributed by atoms with Crippen LogP contribution in [-0.4, -0.2) is 33.2 Å². The van der Waals surface area contributed by atoms with Crippen molar-refractivity contribution in [2.45, 2.75) is 12.7 Å². The van der Waals surface area contributed by atoms with Crippen molar-refractivity contribution in [2.75, 3.05) is 18.2 Å². The van der Waals surface area contributed by atoms with E-state index in [0.29, 0.717) is 27.3 Å². The van der Waals surface area contributed by atoms with Crippen LogP contribution in [0.3, 0.4) is 0 Å². The van der Waals surface area contributed by atoms with E-state index in [2.05, 4.69) is 5.32 Å². The Hall–Kier alpha value is -2.97. The minimum atomic E-state index is -3.15. The number of hydrogen-bond donors (Lipinski definition) is 1. The largest absolute Gasteiger partial charge is 0.462 e. The predicted octanol–water partition coefficient (Wildman–Crippen LogP) is 4.39. The predicted molar refractivity (Wildman–Crippen MR) is 119 cm³/mol. The lowest BCUT2D eigenvalue weighted by molar-refractivity contribution is 0.0529. The van der Waals surface area contributed by atoms with Crippen molar-refractivity contribution in [1.29, 1.82) is 0 Å². The molecule has 0 unspecified atom stereocenters. The fourth-order valence-corrected chi connectivity index (χ4v) is 4.67. The number of esters is 1. The summed E-state index contributed by atoms with van der Waals surface area (Å²) in [5.74, 6) is -0.989. The molecule has 3 rings (SSSR count). The van der Waals surface area contributed by atoms with E-state index in [1.165, 1.54) is 11.3 Å². The molecular weight excluding hydrogens is 422 g/mol. The molecule has 0 atom stereocenters. The van der Waals surface area contributed by atoms with Crippen molar-refractivity contribution in [3.63, 3.8) is 0 Å². The van der Waals surface area contributed by atoms with Crippen LogP contribution in [0.5, 0.6) is 0 Å². The number of thiophene rings is 1. The number of anilines is 1. The van der Waals surface area contributed by atoms with Crippen molar-refractivity contribution in [2.24, 2.45) is 0 Å². The highest BCUT2D eigenvalue weighted by Gasteiger charge is 2.23. The monoisotopic (exact) mass is 443 g/mol. The number of hydrogen-bond acceptors (Lipinski definition) is 6. The van der Waals surface area contributed by atoms with Gasteiger partial charge >= 0.3 is 5.97 Å². The van der Waals surface area contributed by atoms with E-state index in [1.54, 1.807) is 31.2 Å². The maximum absolute atomic E-state index is 12.7. The maximum atomic E-state index is 12.7. The molecule has 30 heavy (non-hydrogen) atoms. The molecule has 0 saturated heterocycles. The summed E-state index contributed by atoms with van der Waals surface area (Å²) in [4.78, 5) is 25.3. The summed E-state index contributed by atoms with van der Waals surface area (Å²) in [6.07, 6.45) is 1.16. The van der Waals surface area contributed by atoms with E-state index in [1.807, 2.05) is 35.7 Å². The third kappa shape index (κ3) is 5.34. The second-order valence-electron chi connectivity index (χ2n) is 6.66. The van der Waals surface area contributed by atoms with Gasteiger partial charge in [0.2, 0.25) is 0 Å². The van der Waals surface area contributed by atoms with Crippen LogP contribution < -0.4 is 5.32 Å². The number of nitrogens with one attached hydrogen (secondary N) is 1. The molecule has 1 heterocycles. The van der Waals surface area contributed by atoms with Gasteiger partial charge in [0.15, 0.2) is 9.84 Å². The molecule has 0 spiro atoms. The van der Waals surface area contributed by atoms with Gasteiger partial charge in [0.1, 0.15) is 10.6 Å². The van der Waals surface area contributed by atoms with E-state index in [9.17, 15) is 18.0 Å². The second kappa shape index (κ2) is 9.23. The molecule has 0 aliphatic carbocycles. The molecule has 1 amide bonds. The normalized spacial score (nSPS) is 11.1. The summed E-state index contributed by atoms with van der Waals surface area (Å²) in [6, 6.07) is 15.7. The van der Waals surface area contributed by atoms with Gasteiger partial charge in [0.25, 0.3) is 5.91 Å². The fraction of sp³-hybridized carbons (Fsp3) is 0.182. The van der Waals surface area contributed by atoms with Gasteiger partial charge in [0, 0.05) is 22.8 Å². The molecule has 0 aliphatic rings. The van der Waals surface area contributed by atoms with E-state index in [0.717, 1.165) is 11.8 Å². The van der Waals surface area contributed by atoms with Crippen LogP contribution in [0.2, 0.25) is 0 Å². The Kier molecular flexibility index (Phi) is 6.69. The topological polar surface area (TPSA) is 89.5 Å². The Morgan fingerprint density at radius 1 is 1.03 bits per heavy atom. The summed E-state index contributed by atoms with van der Waals surface area (Å²) in [6.45, 7) is 1.95. The summed E-state index contributed by atoms with van der Waals surface area (Å²) in [5, 5.41) is 5.00. The quantitative estimate of drug-likeness (QED) is 0.547. The molecule has 2 aromatic carbocycles. The Bertz CT molecular complexity index is 1150. The zero-order valence-electron chi connectivity index (χ0n) is 16.5. The van der Waals surface area contributed by atoms with Gasteiger partial charge in [-0.3, -0.25) is 4.79 Å². The molecule has 0 radical (unpaired) electrons. The molecule has 8 heteroatoms. The number of carbonyl (C=O) groups is 2. The van der Waals surface area contributed by atoms with Crippen molar-refractivity contribution in [1.82, 2.24) is 0 Å². The van der Waals surface area contributed by atoms with Crippen molar-refractivity contribution in [3.05, 3.63) is 76.7 Å². The first-order valence-electron chi connectivity index (χ1n) is 9.20. The van der Waals surface area contributed by atoms with Crippen LogP contribution in [0, 0.1) is 0 Å². The number of sulfone groups is 1. The molecule has 0 aliphatic heterocycles. The van der Waals surface area contributed by atoms with Crippen LogP contribution in [0.25, 0.3) is 11.1 Å². The minimum Gasteiger partial charge on any atom is -0.462 e. The van der Waals surface area contributed by atoms with E-state index in [-0.39, 0.29) is 12.4 Å². The number of rotatable bonds is 7. The van der Waals surface area contributed by atoms with Crippen molar-refractivity contribution >= 4 is 38.1 Å².